The van der Waals surface area contributed by atoms with Crippen molar-refractivity contribution in [1.82, 2.24) is 9.80 Å². The molecule has 1 heterocycles. The van der Waals surface area contributed by atoms with Crippen LogP contribution in [0.5, 0.6) is 0 Å². The Balaban J connectivity index is 2.15. The first-order valence-corrected chi connectivity index (χ1v) is 8.46. The summed E-state index contributed by atoms with van der Waals surface area (Å²) in [5.41, 5.74) is 0.200. The van der Waals surface area contributed by atoms with Crippen LogP contribution in [-0.2, 0) is 9.59 Å². The molecule has 0 aromatic heterocycles. The summed E-state index contributed by atoms with van der Waals surface area (Å²) < 4.78 is 0. The second-order valence-electron chi connectivity index (χ2n) is 6.58. The molecule has 1 aromatic carbocycles. The molecule has 0 atom stereocenters. The predicted octanol–water partition coefficient (Wildman–Crippen LogP) is 2.28. The summed E-state index contributed by atoms with van der Waals surface area (Å²) in [5.74, 6) is -0.516. The molecular formula is C19H25N3O3. The molecule has 0 bridgehead atoms. The van der Waals surface area contributed by atoms with E-state index in [9.17, 15) is 14.4 Å². The molecule has 6 nitrogen and oxygen atoms in total. The van der Waals surface area contributed by atoms with Crippen molar-refractivity contribution in [2.45, 2.75) is 32.7 Å². The fraction of sp³-hybridized carbons (Fsp3) is 0.421. The molecule has 0 saturated carbocycles. The van der Waals surface area contributed by atoms with Gasteiger partial charge in [-0.1, -0.05) is 13.5 Å². The molecule has 1 fully saturated rings. The van der Waals surface area contributed by atoms with Crippen molar-refractivity contribution in [3.05, 3.63) is 42.5 Å². The molecule has 1 N–H and O–H groups in total. The van der Waals surface area contributed by atoms with Crippen LogP contribution in [0.3, 0.4) is 0 Å². The van der Waals surface area contributed by atoms with Gasteiger partial charge in [0.25, 0.3) is 5.91 Å². The topological polar surface area (TPSA) is 69.7 Å². The Morgan fingerprint density at radius 3 is 2.44 bits per heavy atom. The van der Waals surface area contributed by atoms with Crippen LogP contribution in [-0.4, -0.2) is 52.7 Å². The number of hydrogen-bond donors (Lipinski definition) is 1. The van der Waals surface area contributed by atoms with Crippen LogP contribution < -0.4 is 5.32 Å². The first-order valence-electron chi connectivity index (χ1n) is 8.46. The van der Waals surface area contributed by atoms with Crippen LogP contribution in [0.4, 0.5) is 5.69 Å². The van der Waals surface area contributed by atoms with E-state index in [0.717, 1.165) is 6.42 Å². The van der Waals surface area contributed by atoms with Crippen LogP contribution in [0, 0.1) is 0 Å². The van der Waals surface area contributed by atoms with E-state index in [1.54, 1.807) is 43.0 Å². The molecule has 6 heteroatoms. The Hall–Kier alpha value is -2.63. The largest absolute Gasteiger partial charge is 0.339 e. The average molecular weight is 343 g/mol. The summed E-state index contributed by atoms with van der Waals surface area (Å²) in [6.07, 6.45) is 2.08. The summed E-state index contributed by atoms with van der Waals surface area (Å²) >= 11 is 0. The molecule has 1 aliphatic heterocycles. The summed E-state index contributed by atoms with van der Waals surface area (Å²) in [6.45, 7) is 10.8. The van der Waals surface area contributed by atoms with E-state index in [1.807, 2.05) is 11.8 Å². The van der Waals surface area contributed by atoms with E-state index >= 15 is 0 Å². The molecule has 3 amide bonds. The predicted molar refractivity (Wildman–Crippen MR) is 97.3 cm³/mol. The van der Waals surface area contributed by atoms with Crippen molar-refractivity contribution in [2.24, 2.45) is 0 Å². The van der Waals surface area contributed by atoms with E-state index < -0.39 is 5.54 Å². The SMILES string of the molecule is C=CC(=O)Nc1ccc(C(=O)N2CCN(CCC)C(=O)C2(C)C)cc1. The number of amides is 3. The van der Waals surface area contributed by atoms with Crippen molar-refractivity contribution < 1.29 is 14.4 Å². The molecule has 1 aromatic rings. The van der Waals surface area contributed by atoms with Gasteiger partial charge in [-0.3, -0.25) is 14.4 Å². The molecule has 1 aliphatic rings. The maximum Gasteiger partial charge on any atom is 0.254 e. The summed E-state index contributed by atoms with van der Waals surface area (Å²) in [7, 11) is 0. The lowest BCUT2D eigenvalue weighted by molar-refractivity contribution is -0.146. The van der Waals surface area contributed by atoms with Crippen LogP contribution in [0.1, 0.15) is 37.6 Å². The Labute approximate surface area is 148 Å². The Bertz CT molecular complexity index is 680. The lowest BCUT2D eigenvalue weighted by atomic mass is 9.96. The van der Waals surface area contributed by atoms with E-state index in [1.165, 1.54) is 6.08 Å². The first kappa shape index (κ1) is 18.7. The smallest absolute Gasteiger partial charge is 0.254 e. The third kappa shape index (κ3) is 3.90. The van der Waals surface area contributed by atoms with Gasteiger partial charge in [-0.05, 0) is 50.6 Å². The van der Waals surface area contributed by atoms with Crippen molar-refractivity contribution in [3.63, 3.8) is 0 Å². The summed E-state index contributed by atoms with van der Waals surface area (Å²) in [5, 5.41) is 2.64. The minimum atomic E-state index is -0.875. The van der Waals surface area contributed by atoms with Gasteiger partial charge in [-0.2, -0.15) is 0 Å². The number of nitrogens with one attached hydrogen (secondary N) is 1. The number of carbonyl (C=O) groups excluding carboxylic acids is 3. The Morgan fingerprint density at radius 2 is 1.88 bits per heavy atom. The van der Waals surface area contributed by atoms with Crippen molar-refractivity contribution in [3.8, 4) is 0 Å². The molecular weight excluding hydrogens is 318 g/mol. The molecule has 0 aliphatic carbocycles. The highest BCUT2D eigenvalue weighted by Gasteiger charge is 2.43. The minimum absolute atomic E-state index is 0.0242. The van der Waals surface area contributed by atoms with E-state index in [2.05, 4.69) is 11.9 Å². The fourth-order valence-corrected chi connectivity index (χ4v) is 2.99. The van der Waals surface area contributed by atoms with Gasteiger partial charge in [0.05, 0.1) is 0 Å². The van der Waals surface area contributed by atoms with Crippen molar-refractivity contribution in [1.29, 1.82) is 0 Å². The monoisotopic (exact) mass is 343 g/mol. The lowest BCUT2D eigenvalue weighted by Crippen LogP contribution is -2.64. The number of rotatable bonds is 5. The van der Waals surface area contributed by atoms with Gasteiger partial charge >= 0.3 is 0 Å². The quantitative estimate of drug-likeness (QED) is 0.834. The highest BCUT2D eigenvalue weighted by molar-refractivity contribution is 6.01. The van der Waals surface area contributed by atoms with Crippen molar-refractivity contribution >= 4 is 23.4 Å². The van der Waals surface area contributed by atoms with Crippen LogP contribution in [0.25, 0.3) is 0 Å². The number of hydrogen-bond acceptors (Lipinski definition) is 3. The normalized spacial score (nSPS) is 16.5. The van der Waals surface area contributed by atoms with Gasteiger partial charge in [0.2, 0.25) is 11.8 Å². The second kappa shape index (κ2) is 7.51. The molecule has 2 rings (SSSR count). The highest BCUT2D eigenvalue weighted by atomic mass is 16.2. The van der Waals surface area contributed by atoms with Crippen LogP contribution >= 0.6 is 0 Å². The summed E-state index contributed by atoms with van der Waals surface area (Å²) in [4.78, 5) is 40.3. The first-order chi connectivity index (χ1) is 11.8. The highest BCUT2D eigenvalue weighted by Crippen LogP contribution is 2.25. The second-order valence-corrected chi connectivity index (χ2v) is 6.58. The van der Waals surface area contributed by atoms with Crippen LogP contribution in [0.2, 0.25) is 0 Å². The Morgan fingerprint density at radius 1 is 1.24 bits per heavy atom. The molecule has 134 valence electrons. The molecule has 0 spiro atoms. The number of nitrogens with zero attached hydrogens (tertiary/aromatic N) is 2. The zero-order valence-electron chi connectivity index (χ0n) is 15.0. The third-order valence-corrected chi connectivity index (χ3v) is 4.40. The molecule has 25 heavy (non-hydrogen) atoms. The standard InChI is InChI=1S/C19H25N3O3/c1-5-11-21-12-13-22(19(3,4)18(21)25)17(24)14-7-9-15(10-8-14)20-16(23)6-2/h6-10H,2,5,11-13H2,1,3-4H3,(H,20,23). The van der Waals surface area contributed by atoms with Gasteiger partial charge < -0.3 is 15.1 Å². The number of benzene rings is 1. The zero-order valence-corrected chi connectivity index (χ0v) is 15.0. The maximum atomic E-state index is 12.9. The Kier molecular flexibility index (Phi) is 5.62. The van der Waals surface area contributed by atoms with Gasteiger partial charge in [0.15, 0.2) is 0 Å². The van der Waals surface area contributed by atoms with Gasteiger partial charge in [0.1, 0.15) is 5.54 Å². The van der Waals surface area contributed by atoms with Gasteiger partial charge in [-0.25, -0.2) is 0 Å². The lowest BCUT2D eigenvalue weighted by Gasteiger charge is -2.46. The minimum Gasteiger partial charge on any atom is -0.339 e. The number of anilines is 1. The van der Waals surface area contributed by atoms with E-state index in [-0.39, 0.29) is 17.7 Å². The molecule has 0 radical (unpaired) electrons. The zero-order chi connectivity index (χ0) is 18.6. The maximum absolute atomic E-state index is 12.9. The third-order valence-electron chi connectivity index (χ3n) is 4.40. The van der Waals surface area contributed by atoms with E-state index in [4.69, 9.17) is 0 Å². The number of piperazine rings is 1. The van der Waals surface area contributed by atoms with Crippen molar-refractivity contribution in [2.75, 3.05) is 25.0 Å². The van der Waals surface area contributed by atoms with Gasteiger partial charge in [-0.15, -0.1) is 0 Å². The fourth-order valence-electron chi connectivity index (χ4n) is 2.99. The average Bonchev–Trinajstić information content (AvgIpc) is 2.59. The summed E-state index contributed by atoms with van der Waals surface area (Å²) in [6, 6.07) is 6.63. The van der Waals surface area contributed by atoms with Gasteiger partial charge in [0, 0.05) is 30.9 Å². The van der Waals surface area contributed by atoms with E-state index in [0.29, 0.717) is 30.9 Å². The number of carbonyl (C=O) groups is 3. The molecule has 1 saturated heterocycles. The van der Waals surface area contributed by atoms with Crippen LogP contribution in [0.15, 0.2) is 36.9 Å². The molecule has 0 unspecified atom stereocenters.